The largest absolute Gasteiger partial charge is 0.464 e. The maximum absolute atomic E-state index is 14.9. The minimum absolute atomic E-state index is 0.0913. The van der Waals surface area contributed by atoms with Gasteiger partial charge in [-0.2, -0.15) is 8.78 Å². The minimum atomic E-state index is -3.14. The molecule has 0 aromatic heterocycles. The molecule has 5 rings (SSSR count). The average molecular weight is 556 g/mol. The number of nitrogens with one attached hydrogen (secondary N) is 1. The van der Waals surface area contributed by atoms with Crippen molar-refractivity contribution in [2.45, 2.75) is 44.2 Å². The molecule has 3 atom stereocenters. The highest BCUT2D eigenvalue weighted by Crippen LogP contribution is 2.60. The fraction of sp³-hybridized carbons (Fsp3) is 0.500. The van der Waals surface area contributed by atoms with Crippen LogP contribution < -0.4 is 5.32 Å². The van der Waals surface area contributed by atoms with E-state index in [-0.39, 0.29) is 47.2 Å². The number of piperidine rings is 1. The Morgan fingerprint density at radius 2 is 1.82 bits per heavy atom. The van der Waals surface area contributed by atoms with Crippen LogP contribution in [0.25, 0.3) is 11.1 Å². The van der Waals surface area contributed by atoms with E-state index >= 15 is 0 Å². The molecule has 0 bridgehead atoms. The van der Waals surface area contributed by atoms with Crippen LogP contribution in [0.2, 0.25) is 0 Å². The van der Waals surface area contributed by atoms with Crippen molar-refractivity contribution in [3.63, 3.8) is 0 Å². The molecular weight excluding hydrogens is 520 g/mol. The number of fused-ring (bicyclic) bond motifs is 4. The van der Waals surface area contributed by atoms with Crippen molar-refractivity contribution < 1.29 is 32.6 Å². The van der Waals surface area contributed by atoms with Gasteiger partial charge in [-0.3, -0.25) is 9.59 Å². The van der Waals surface area contributed by atoms with Crippen molar-refractivity contribution in [1.82, 2.24) is 15.1 Å². The molecule has 3 aliphatic rings. The van der Waals surface area contributed by atoms with Gasteiger partial charge in [-0.05, 0) is 70.1 Å². The number of halogens is 2. The summed E-state index contributed by atoms with van der Waals surface area (Å²) in [7, 11) is 4.00. The number of hydrogen-bond acceptors (Lipinski definition) is 6. The van der Waals surface area contributed by atoms with E-state index in [0.29, 0.717) is 30.8 Å². The first-order valence-electron chi connectivity index (χ1n) is 13.7. The summed E-state index contributed by atoms with van der Waals surface area (Å²) in [6.07, 6.45) is 2.08. The standard InChI is InChI=1S/C30H35F2N3O5/c1-4-40-28(38)24-15-29(18-39-13-7-12-34(2)3)16-25(29)35(24)26(36)17-33-27(37)19-10-11-23-21(14-19)20-8-5-6-9-22(20)30(23,31)32/h5-6,8-11,14,24-25H,4,7,12-13,15-18H2,1-3H3,(H,33,37)/t24-,25-,29+/m0/s1. The Morgan fingerprint density at radius 3 is 2.58 bits per heavy atom. The van der Waals surface area contributed by atoms with Crippen LogP contribution in [-0.2, 0) is 25.0 Å². The van der Waals surface area contributed by atoms with Crippen molar-refractivity contribution in [1.29, 1.82) is 0 Å². The van der Waals surface area contributed by atoms with Crippen LogP contribution in [0.1, 0.15) is 47.7 Å². The Morgan fingerprint density at radius 1 is 1.07 bits per heavy atom. The Labute approximate surface area is 232 Å². The second kappa shape index (κ2) is 10.9. The van der Waals surface area contributed by atoms with Gasteiger partial charge in [0.1, 0.15) is 6.04 Å². The zero-order valence-electron chi connectivity index (χ0n) is 23.0. The quantitative estimate of drug-likeness (QED) is 0.338. The predicted octanol–water partition coefficient (Wildman–Crippen LogP) is 3.43. The normalized spacial score (nSPS) is 23.4. The maximum atomic E-state index is 14.9. The van der Waals surface area contributed by atoms with E-state index < -0.39 is 23.8 Å². The SMILES string of the molecule is CCOC(=O)[C@@H]1C[C@]2(COCCCN(C)C)C[C@@H]2N1C(=O)CNC(=O)c1ccc2c(c1)-c1ccccc1C2(F)F. The molecule has 0 unspecified atom stereocenters. The summed E-state index contributed by atoms with van der Waals surface area (Å²) in [6.45, 7) is 3.55. The Kier molecular flexibility index (Phi) is 7.67. The molecule has 10 heteroatoms. The molecule has 0 spiro atoms. The Bertz CT molecular complexity index is 1320. The van der Waals surface area contributed by atoms with E-state index in [0.717, 1.165) is 19.4 Å². The van der Waals surface area contributed by atoms with E-state index in [9.17, 15) is 23.2 Å². The number of carbonyl (C=O) groups is 3. The van der Waals surface area contributed by atoms with Gasteiger partial charge in [0.25, 0.3) is 11.8 Å². The zero-order valence-corrected chi connectivity index (χ0v) is 23.0. The fourth-order valence-electron chi connectivity index (χ4n) is 6.06. The molecule has 40 heavy (non-hydrogen) atoms. The molecule has 2 amide bonds. The highest BCUT2D eigenvalue weighted by atomic mass is 19.3. The van der Waals surface area contributed by atoms with Gasteiger partial charge in [-0.1, -0.05) is 30.3 Å². The highest BCUT2D eigenvalue weighted by molar-refractivity contribution is 5.99. The second-order valence-electron chi connectivity index (χ2n) is 11.1. The van der Waals surface area contributed by atoms with Crippen LogP contribution in [0, 0.1) is 5.41 Å². The van der Waals surface area contributed by atoms with Crippen LogP contribution >= 0.6 is 0 Å². The van der Waals surface area contributed by atoms with Gasteiger partial charge < -0.3 is 24.6 Å². The van der Waals surface area contributed by atoms with E-state index in [1.54, 1.807) is 30.0 Å². The summed E-state index contributed by atoms with van der Waals surface area (Å²) in [5.41, 5.74) is 0.338. The topological polar surface area (TPSA) is 88.2 Å². The first kappa shape index (κ1) is 28.2. The molecule has 1 saturated carbocycles. The Hall–Kier alpha value is -3.37. The number of ether oxygens (including phenoxy) is 2. The first-order chi connectivity index (χ1) is 19.1. The summed E-state index contributed by atoms with van der Waals surface area (Å²) in [6, 6.07) is 9.39. The maximum Gasteiger partial charge on any atom is 0.328 e. The summed E-state index contributed by atoms with van der Waals surface area (Å²) < 4.78 is 40.9. The molecule has 2 aromatic rings. The zero-order chi connectivity index (χ0) is 28.7. The van der Waals surface area contributed by atoms with Crippen molar-refractivity contribution in [3.8, 4) is 11.1 Å². The lowest BCUT2D eigenvalue weighted by Crippen LogP contribution is -2.48. The molecule has 214 valence electrons. The lowest BCUT2D eigenvalue weighted by Gasteiger charge is -2.26. The van der Waals surface area contributed by atoms with Gasteiger partial charge in [-0.25, -0.2) is 4.79 Å². The third kappa shape index (κ3) is 5.10. The van der Waals surface area contributed by atoms with Crippen molar-refractivity contribution in [2.75, 3.05) is 47.0 Å². The number of nitrogens with zero attached hydrogens (tertiary/aromatic N) is 2. The lowest BCUT2D eigenvalue weighted by molar-refractivity contribution is -0.153. The van der Waals surface area contributed by atoms with Crippen molar-refractivity contribution in [3.05, 3.63) is 59.2 Å². The van der Waals surface area contributed by atoms with Gasteiger partial charge in [0.15, 0.2) is 0 Å². The summed E-state index contributed by atoms with van der Waals surface area (Å²) >= 11 is 0. The van der Waals surface area contributed by atoms with Crippen molar-refractivity contribution in [2.24, 2.45) is 5.41 Å². The van der Waals surface area contributed by atoms with Gasteiger partial charge >= 0.3 is 5.97 Å². The smallest absolute Gasteiger partial charge is 0.328 e. The first-order valence-corrected chi connectivity index (χ1v) is 13.7. The van der Waals surface area contributed by atoms with E-state index in [4.69, 9.17) is 9.47 Å². The molecule has 2 aliphatic carbocycles. The van der Waals surface area contributed by atoms with E-state index in [2.05, 4.69) is 10.2 Å². The molecule has 1 N–H and O–H groups in total. The summed E-state index contributed by atoms with van der Waals surface area (Å²) in [4.78, 5) is 42.7. The lowest BCUT2D eigenvalue weighted by atomic mass is 10.0. The van der Waals surface area contributed by atoms with Gasteiger partial charge in [-0.15, -0.1) is 0 Å². The van der Waals surface area contributed by atoms with Crippen LogP contribution in [0.3, 0.4) is 0 Å². The molecular formula is C30H35F2N3O5. The van der Waals surface area contributed by atoms with Gasteiger partial charge in [0.2, 0.25) is 5.91 Å². The van der Waals surface area contributed by atoms with E-state index in [1.807, 2.05) is 14.1 Å². The third-order valence-corrected chi connectivity index (χ3v) is 8.12. The monoisotopic (exact) mass is 555 g/mol. The van der Waals surface area contributed by atoms with Crippen LogP contribution in [0.15, 0.2) is 42.5 Å². The second-order valence-corrected chi connectivity index (χ2v) is 11.1. The number of hydrogen-bond donors (Lipinski definition) is 1. The van der Waals surface area contributed by atoms with Crippen LogP contribution in [-0.4, -0.2) is 86.7 Å². The molecule has 8 nitrogen and oxygen atoms in total. The summed E-state index contributed by atoms with van der Waals surface area (Å²) in [5, 5.41) is 2.62. The molecule has 2 aromatic carbocycles. The number of alkyl halides is 2. The molecule has 1 aliphatic heterocycles. The third-order valence-electron chi connectivity index (χ3n) is 8.12. The molecule has 0 radical (unpaired) electrons. The average Bonchev–Trinajstić information content (AvgIpc) is 3.45. The van der Waals surface area contributed by atoms with Crippen LogP contribution in [0.5, 0.6) is 0 Å². The van der Waals surface area contributed by atoms with E-state index in [1.165, 1.54) is 24.3 Å². The van der Waals surface area contributed by atoms with Gasteiger partial charge in [0, 0.05) is 34.8 Å². The molecule has 1 saturated heterocycles. The number of rotatable bonds is 11. The highest BCUT2D eigenvalue weighted by Gasteiger charge is 2.67. The van der Waals surface area contributed by atoms with Crippen LogP contribution in [0.4, 0.5) is 8.78 Å². The Balaban J connectivity index is 1.24. The number of benzene rings is 2. The van der Waals surface area contributed by atoms with Crippen molar-refractivity contribution >= 4 is 17.8 Å². The predicted molar refractivity (Wildman–Crippen MR) is 144 cm³/mol. The number of esters is 1. The summed E-state index contributed by atoms with van der Waals surface area (Å²) in [5.74, 6) is -4.54. The molecule has 1 heterocycles. The number of amides is 2. The minimum Gasteiger partial charge on any atom is -0.464 e. The fourth-order valence-corrected chi connectivity index (χ4v) is 6.06. The number of carbonyl (C=O) groups excluding carboxylic acids is 3. The number of likely N-dealkylation sites (tertiary alicyclic amines) is 1. The molecule has 2 fully saturated rings. The van der Waals surface area contributed by atoms with Gasteiger partial charge in [0.05, 0.1) is 19.8 Å².